The number of amides is 2. The highest BCUT2D eigenvalue weighted by molar-refractivity contribution is 5.89. The van der Waals surface area contributed by atoms with E-state index >= 15 is 0 Å². The predicted octanol–water partition coefficient (Wildman–Crippen LogP) is 3.27. The highest BCUT2D eigenvalue weighted by Gasteiger charge is 2.44. The van der Waals surface area contributed by atoms with Crippen LogP contribution in [0.15, 0.2) is 48.5 Å². The van der Waals surface area contributed by atoms with E-state index in [0.29, 0.717) is 23.7 Å². The molecule has 2 aliphatic rings. The van der Waals surface area contributed by atoms with Crippen molar-refractivity contribution in [1.29, 1.82) is 0 Å². The molecule has 1 fully saturated rings. The van der Waals surface area contributed by atoms with Gasteiger partial charge in [-0.05, 0) is 30.5 Å². The van der Waals surface area contributed by atoms with E-state index in [2.05, 4.69) is 22.8 Å². The molecule has 0 bridgehead atoms. The molecule has 1 saturated carbocycles. The quantitative estimate of drug-likeness (QED) is 0.911. The van der Waals surface area contributed by atoms with Crippen molar-refractivity contribution in [3.05, 3.63) is 54.1 Å². The molecule has 5 heteroatoms. The second-order valence-electron chi connectivity index (χ2n) is 6.02. The van der Waals surface area contributed by atoms with Crippen molar-refractivity contribution in [2.24, 2.45) is 0 Å². The molecule has 2 N–H and O–H groups in total. The van der Waals surface area contributed by atoms with Crippen molar-refractivity contribution in [3.63, 3.8) is 0 Å². The monoisotopic (exact) mass is 310 g/mol. The zero-order valence-corrected chi connectivity index (χ0v) is 12.7. The van der Waals surface area contributed by atoms with E-state index in [4.69, 9.17) is 9.47 Å². The summed E-state index contributed by atoms with van der Waals surface area (Å²) >= 11 is 0. The molecule has 0 unspecified atom stereocenters. The third-order valence-corrected chi connectivity index (χ3v) is 4.46. The van der Waals surface area contributed by atoms with Crippen LogP contribution in [0.3, 0.4) is 0 Å². The number of ether oxygens (including phenoxy) is 2. The molecular weight excluding hydrogens is 292 g/mol. The first kappa shape index (κ1) is 13.9. The van der Waals surface area contributed by atoms with Crippen LogP contribution < -0.4 is 20.1 Å². The lowest BCUT2D eigenvalue weighted by Gasteiger charge is -2.17. The van der Waals surface area contributed by atoms with E-state index in [1.807, 2.05) is 18.2 Å². The fourth-order valence-electron chi connectivity index (χ4n) is 2.91. The Morgan fingerprint density at radius 2 is 1.83 bits per heavy atom. The molecule has 0 aromatic heterocycles. The molecule has 0 atom stereocenters. The summed E-state index contributed by atoms with van der Waals surface area (Å²) in [5.41, 5.74) is 2.09. The summed E-state index contributed by atoms with van der Waals surface area (Å²) in [6.07, 6.45) is 2.22. The number of rotatable bonds is 4. The van der Waals surface area contributed by atoms with Gasteiger partial charge in [0, 0.05) is 23.7 Å². The fourth-order valence-corrected chi connectivity index (χ4v) is 2.91. The Hall–Kier alpha value is -2.69. The molecule has 0 radical (unpaired) electrons. The molecule has 1 heterocycles. The first-order chi connectivity index (χ1) is 11.3. The smallest absolute Gasteiger partial charge is 0.319 e. The number of hydrogen-bond donors (Lipinski definition) is 2. The third-order valence-electron chi connectivity index (χ3n) is 4.46. The Labute approximate surface area is 134 Å². The number of nitrogens with one attached hydrogen (secondary N) is 2. The Bertz CT molecular complexity index is 726. The van der Waals surface area contributed by atoms with Crippen LogP contribution in [0.25, 0.3) is 0 Å². The zero-order valence-electron chi connectivity index (χ0n) is 12.7. The Morgan fingerprint density at radius 3 is 2.61 bits per heavy atom. The summed E-state index contributed by atoms with van der Waals surface area (Å²) < 4.78 is 10.6. The fraction of sp³-hybridized carbons (Fsp3) is 0.278. The molecule has 2 aromatic rings. The van der Waals surface area contributed by atoms with Crippen LogP contribution in [-0.4, -0.2) is 19.4 Å². The van der Waals surface area contributed by atoms with Crippen molar-refractivity contribution >= 4 is 11.7 Å². The van der Waals surface area contributed by atoms with Crippen LogP contribution in [-0.2, 0) is 5.41 Å². The molecule has 4 rings (SSSR count). The summed E-state index contributed by atoms with van der Waals surface area (Å²) in [6, 6.07) is 15.5. The van der Waals surface area contributed by atoms with Crippen LogP contribution >= 0.6 is 0 Å². The second kappa shape index (κ2) is 5.50. The van der Waals surface area contributed by atoms with Gasteiger partial charge in [-0.15, -0.1) is 0 Å². The first-order valence-corrected chi connectivity index (χ1v) is 7.75. The Balaban J connectivity index is 1.36. The minimum atomic E-state index is -0.203. The maximum absolute atomic E-state index is 12.1. The largest absolute Gasteiger partial charge is 0.454 e. The van der Waals surface area contributed by atoms with Gasteiger partial charge in [0.25, 0.3) is 0 Å². The highest BCUT2D eigenvalue weighted by atomic mass is 16.7. The minimum absolute atomic E-state index is 0.105. The number of anilines is 1. The van der Waals surface area contributed by atoms with Gasteiger partial charge in [-0.3, -0.25) is 0 Å². The molecular formula is C18H18N2O3. The number of carbonyl (C=O) groups excluding carboxylic acids is 1. The molecule has 2 aromatic carbocycles. The van der Waals surface area contributed by atoms with Gasteiger partial charge in [0.1, 0.15) is 0 Å². The molecule has 23 heavy (non-hydrogen) atoms. The van der Waals surface area contributed by atoms with Crippen molar-refractivity contribution in [2.75, 3.05) is 18.7 Å². The van der Waals surface area contributed by atoms with Gasteiger partial charge in [-0.25, -0.2) is 4.79 Å². The van der Waals surface area contributed by atoms with E-state index < -0.39 is 0 Å². The molecule has 0 spiro atoms. The van der Waals surface area contributed by atoms with Gasteiger partial charge in [-0.1, -0.05) is 30.3 Å². The highest BCUT2D eigenvalue weighted by Crippen LogP contribution is 2.47. The minimum Gasteiger partial charge on any atom is -0.454 e. The van der Waals surface area contributed by atoms with Gasteiger partial charge in [0.15, 0.2) is 11.5 Å². The van der Waals surface area contributed by atoms with E-state index in [1.54, 1.807) is 18.2 Å². The maximum Gasteiger partial charge on any atom is 0.319 e. The van der Waals surface area contributed by atoms with Crippen molar-refractivity contribution in [2.45, 2.75) is 18.3 Å². The molecule has 1 aliphatic carbocycles. The normalized spacial score (nSPS) is 16.7. The SMILES string of the molecule is O=C(NCC1(c2ccccc2)CC1)Nc1ccc2c(c1)OCO2. The van der Waals surface area contributed by atoms with E-state index in [9.17, 15) is 4.79 Å². The zero-order chi connectivity index (χ0) is 15.7. The van der Waals surface area contributed by atoms with Crippen LogP contribution in [0.5, 0.6) is 11.5 Å². The van der Waals surface area contributed by atoms with Gasteiger partial charge in [-0.2, -0.15) is 0 Å². The van der Waals surface area contributed by atoms with Crippen LogP contribution in [0, 0.1) is 0 Å². The first-order valence-electron chi connectivity index (χ1n) is 7.75. The van der Waals surface area contributed by atoms with Crippen molar-refractivity contribution in [3.8, 4) is 11.5 Å². The van der Waals surface area contributed by atoms with Gasteiger partial charge >= 0.3 is 6.03 Å². The number of fused-ring (bicyclic) bond motifs is 1. The molecule has 5 nitrogen and oxygen atoms in total. The molecule has 118 valence electrons. The second-order valence-corrected chi connectivity index (χ2v) is 6.02. The molecule has 2 amide bonds. The average Bonchev–Trinajstić information content (AvgIpc) is 3.24. The van der Waals surface area contributed by atoms with Crippen molar-refractivity contribution in [1.82, 2.24) is 5.32 Å². The van der Waals surface area contributed by atoms with Crippen LogP contribution in [0.1, 0.15) is 18.4 Å². The standard InChI is InChI=1S/C18H18N2O3/c21-17(20-14-6-7-15-16(10-14)23-12-22-15)19-11-18(8-9-18)13-4-2-1-3-5-13/h1-7,10H,8-9,11-12H2,(H2,19,20,21). The number of benzene rings is 2. The third kappa shape index (κ3) is 2.82. The van der Waals surface area contributed by atoms with Gasteiger partial charge in [0.2, 0.25) is 6.79 Å². The molecule has 0 saturated heterocycles. The van der Waals surface area contributed by atoms with E-state index in [1.165, 1.54) is 5.56 Å². The predicted molar refractivity (Wildman–Crippen MR) is 86.9 cm³/mol. The Kier molecular flexibility index (Phi) is 3.33. The maximum atomic E-state index is 12.1. The lowest BCUT2D eigenvalue weighted by molar-refractivity contribution is 0.174. The van der Waals surface area contributed by atoms with E-state index in [0.717, 1.165) is 12.8 Å². The van der Waals surface area contributed by atoms with Crippen LogP contribution in [0.2, 0.25) is 0 Å². The summed E-state index contributed by atoms with van der Waals surface area (Å²) in [5.74, 6) is 1.36. The van der Waals surface area contributed by atoms with Gasteiger partial charge < -0.3 is 20.1 Å². The van der Waals surface area contributed by atoms with E-state index in [-0.39, 0.29) is 18.2 Å². The summed E-state index contributed by atoms with van der Waals surface area (Å²) in [4.78, 5) is 12.1. The number of urea groups is 1. The topological polar surface area (TPSA) is 59.6 Å². The number of carbonyl (C=O) groups is 1. The lowest BCUT2D eigenvalue weighted by atomic mass is 9.96. The molecule has 1 aliphatic heterocycles. The summed E-state index contributed by atoms with van der Waals surface area (Å²) in [5, 5.41) is 5.82. The lowest BCUT2D eigenvalue weighted by Crippen LogP contribution is -2.35. The van der Waals surface area contributed by atoms with Crippen LogP contribution in [0.4, 0.5) is 10.5 Å². The summed E-state index contributed by atoms with van der Waals surface area (Å²) in [7, 11) is 0. The Morgan fingerprint density at radius 1 is 1.04 bits per heavy atom. The number of hydrogen-bond acceptors (Lipinski definition) is 3. The summed E-state index contributed by atoms with van der Waals surface area (Å²) in [6.45, 7) is 0.873. The van der Waals surface area contributed by atoms with Gasteiger partial charge in [0.05, 0.1) is 0 Å². The average molecular weight is 310 g/mol. The van der Waals surface area contributed by atoms with Crippen molar-refractivity contribution < 1.29 is 14.3 Å².